The highest BCUT2D eigenvalue weighted by Crippen LogP contribution is 2.41. The lowest BCUT2D eigenvalue weighted by atomic mass is 9.78. The molecule has 1 rings (SSSR count). The number of ketones is 1. The standard InChI is InChI=1S/C11H18O3/c1-9(12)5-4-6-10-7-11(8-10,13-2)14-3/h4,6,10H,5,7-8H2,1-3H3. The van der Waals surface area contributed by atoms with E-state index in [0.717, 1.165) is 12.8 Å². The van der Waals surface area contributed by atoms with Crippen molar-refractivity contribution in [3.63, 3.8) is 0 Å². The Balaban J connectivity index is 2.27. The summed E-state index contributed by atoms with van der Waals surface area (Å²) in [5.74, 6) is 0.324. The number of hydrogen-bond acceptors (Lipinski definition) is 3. The molecule has 0 unspecified atom stereocenters. The molecule has 1 saturated carbocycles. The zero-order valence-corrected chi connectivity index (χ0v) is 9.08. The van der Waals surface area contributed by atoms with Crippen LogP contribution in [0.25, 0.3) is 0 Å². The van der Waals surface area contributed by atoms with Crippen molar-refractivity contribution in [2.45, 2.75) is 32.0 Å². The normalized spacial score (nSPS) is 21.1. The highest BCUT2D eigenvalue weighted by molar-refractivity contribution is 5.76. The summed E-state index contributed by atoms with van der Waals surface area (Å²) in [4.78, 5) is 10.7. The average Bonchev–Trinajstić information content (AvgIpc) is 2.09. The average molecular weight is 198 g/mol. The maximum absolute atomic E-state index is 10.7. The summed E-state index contributed by atoms with van der Waals surface area (Å²) in [7, 11) is 3.33. The van der Waals surface area contributed by atoms with Crippen LogP contribution in [0.2, 0.25) is 0 Å². The van der Waals surface area contributed by atoms with E-state index in [4.69, 9.17) is 9.47 Å². The fraction of sp³-hybridized carbons (Fsp3) is 0.727. The minimum atomic E-state index is -0.370. The van der Waals surface area contributed by atoms with E-state index in [-0.39, 0.29) is 11.6 Å². The lowest BCUT2D eigenvalue weighted by Gasteiger charge is -2.43. The number of carbonyl (C=O) groups is 1. The molecule has 0 bridgehead atoms. The molecule has 0 aliphatic heterocycles. The molecule has 0 saturated heterocycles. The molecule has 14 heavy (non-hydrogen) atoms. The van der Waals surface area contributed by atoms with Crippen LogP contribution in [0.4, 0.5) is 0 Å². The molecule has 3 nitrogen and oxygen atoms in total. The van der Waals surface area contributed by atoms with Crippen molar-refractivity contribution in [2.24, 2.45) is 5.92 Å². The Kier molecular flexibility index (Phi) is 3.84. The molecular weight excluding hydrogens is 180 g/mol. The molecule has 0 aromatic carbocycles. The minimum Gasteiger partial charge on any atom is -0.353 e. The highest BCUT2D eigenvalue weighted by atomic mass is 16.7. The van der Waals surface area contributed by atoms with Crippen molar-refractivity contribution in [1.29, 1.82) is 0 Å². The van der Waals surface area contributed by atoms with Crippen LogP contribution in [0.3, 0.4) is 0 Å². The van der Waals surface area contributed by atoms with Gasteiger partial charge in [-0.15, -0.1) is 0 Å². The molecule has 0 spiro atoms. The molecule has 0 atom stereocenters. The summed E-state index contributed by atoms with van der Waals surface area (Å²) in [5, 5.41) is 0. The molecule has 0 aromatic heterocycles. The number of rotatable bonds is 5. The van der Waals surface area contributed by atoms with Gasteiger partial charge in [0.05, 0.1) is 0 Å². The molecule has 0 heterocycles. The predicted octanol–water partition coefficient (Wildman–Crippen LogP) is 1.92. The molecule has 1 aliphatic carbocycles. The van der Waals surface area contributed by atoms with Crippen LogP contribution in [0.1, 0.15) is 26.2 Å². The second kappa shape index (κ2) is 4.71. The molecule has 80 valence electrons. The largest absolute Gasteiger partial charge is 0.353 e. The first-order valence-electron chi connectivity index (χ1n) is 4.88. The van der Waals surface area contributed by atoms with E-state index in [9.17, 15) is 4.79 Å². The van der Waals surface area contributed by atoms with Gasteiger partial charge in [0.2, 0.25) is 0 Å². The van der Waals surface area contributed by atoms with E-state index >= 15 is 0 Å². The number of ether oxygens (including phenoxy) is 2. The van der Waals surface area contributed by atoms with Crippen molar-refractivity contribution in [3.8, 4) is 0 Å². The smallest absolute Gasteiger partial charge is 0.168 e. The fourth-order valence-corrected chi connectivity index (χ4v) is 1.72. The van der Waals surface area contributed by atoms with E-state index in [1.807, 2.05) is 6.08 Å². The third-order valence-electron chi connectivity index (χ3n) is 2.70. The van der Waals surface area contributed by atoms with Crippen molar-refractivity contribution >= 4 is 5.78 Å². The first-order valence-corrected chi connectivity index (χ1v) is 4.88. The van der Waals surface area contributed by atoms with Gasteiger partial charge in [-0.1, -0.05) is 12.2 Å². The lowest BCUT2D eigenvalue weighted by Crippen LogP contribution is -2.46. The van der Waals surface area contributed by atoms with Gasteiger partial charge in [-0.25, -0.2) is 0 Å². The SMILES string of the molecule is COC1(OC)CC(C=CCC(C)=O)C1. The molecule has 0 N–H and O–H groups in total. The van der Waals surface area contributed by atoms with Crippen molar-refractivity contribution in [3.05, 3.63) is 12.2 Å². The van der Waals surface area contributed by atoms with E-state index < -0.39 is 0 Å². The quantitative estimate of drug-likeness (QED) is 0.500. The number of allylic oxidation sites excluding steroid dienone is 2. The maximum atomic E-state index is 10.7. The van der Waals surface area contributed by atoms with Crippen LogP contribution in [-0.4, -0.2) is 25.8 Å². The van der Waals surface area contributed by atoms with E-state index in [0.29, 0.717) is 12.3 Å². The molecule has 0 aromatic rings. The van der Waals surface area contributed by atoms with Crippen LogP contribution in [0.5, 0.6) is 0 Å². The van der Waals surface area contributed by atoms with Crippen molar-refractivity contribution in [1.82, 2.24) is 0 Å². The van der Waals surface area contributed by atoms with Gasteiger partial charge < -0.3 is 9.47 Å². The second-order valence-electron chi connectivity index (χ2n) is 3.82. The number of carbonyl (C=O) groups excluding carboxylic acids is 1. The zero-order chi connectivity index (χ0) is 10.6. The second-order valence-corrected chi connectivity index (χ2v) is 3.82. The molecular formula is C11H18O3. The Morgan fingerprint density at radius 3 is 2.43 bits per heavy atom. The molecule has 0 amide bonds. The van der Waals surface area contributed by atoms with E-state index in [2.05, 4.69) is 6.08 Å². The van der Waals surface area contributed by atoms with Crippen molar-refractivity contribution in [2.75, 3.05) is 14.2 Å². The third kappa shape index (κ3) is 2.66. The monoisotopic (exact) mass is 198 g/mol. The van der Waals surface area contributed by atoms with Crippen molar-refractivity contribution < 1.29 is 14.3 Å². The minimum absolute atomic E-state index is 0.199. The zero-order valence-electron chi connectivity index (χ0n) is 9.08. The summed E-state index contributed by atoms with van der Waals surface area (Å²) in [5.41, 5.74) is 0. The van der Waals surface area contributed by atoms with Crippen LogP contribution >= 0.6 is 0 Å². The van der Waals surface area contributed by atoms with Crippen LogP contribution in [0, 0.1) is 5.92 Å². The van der Waals surface area contributed by atoms with Gasteiger partial charge in [-0.3, -0.25) is 4.79 Å². The first-order chi connectivity index (χ1) is 6.62. The topological polar surface area (TPSA) is 35.5 Å². The molecule has 1 aliphatic rings. The Bertz CT molecular complexity index is 221. The van der Waals surface area contributed by atoms with Crippen LogP contribution in [0.15, 0.2) is 12.2 Å². The Hall–Kier alpha value is -0.670. The molecule has 0 radical (unpaired) electrons. The van der Waals surface area contributed by atoms with Gasteiger partial charge in [0.25, 0.3) is 0 Å². The van der Waals surface area contributed by atoms with Gasteiger partial charge in [0.1, 0.15) is 5.78 Å². The highest BCUT2D eigenvalue weighted by Gasteiger charge is 2.43. The molecule has 1 fully saturated rings. The number of methoxy groups -OCH3 is 2. The first kappa shape index (κ1) is 11.4. The number of hydrogen-bond donors (Lipinski definition) is 0. The lowest BCUT2D eigenvalue weighted by molar-refractivity contribution is -0.263. The Morgan fingerprint density at radius 2 is 2.00 bits per heavy atom. The van der Waals surface area contributed by atoms with Gasteiger partial charge in [0, 0.05) is 33.5 Å². The summed E-state index contributed by atoms with van der Waals surface area (Å²) >= 11 is 0. The fourth-order valence-electron chi connectivity index (χ4n) is 1.72. The maximum Gasteiger partial charge on any atom is 0.168 e. The van der Waals surface area contributed by atoms with E-state index in [1.54, 1.807) is 21.1 Å². The predicted molar refractivity (Wildman–Crippen MR) is 53.9 cm³/mol. The van der Waals surface area contributed by atoms with Gasteiger partial charge >= 0.3 is 0 Å². The van der Waals surface area contributed by atoms with Gasteiger partial charge in [-0.2, -0.15) is 0 Å². The number of Topliss-reactive ketones (excluding diaryl/α,β-unsaturated/α-hetero) is 1. The van der Waals surface area contributed by atoms with Gasteiger partial charge in [-0.05, 0) is 12.8 Å². The van der Waals surface area contributed by atoms with Gasteiger partial charge in [0.15, 0.2) is 5.79 Å². The summed E-state index contributed by atoms with van der Waals surface area (Å²) in [6.45, 7) is 1.60. The summed E-state index contributed by atoms with van der Waals surface area (Å²) < 4.78 is 10.5. The van der Waals surface area contributed by atoms with E-state index in [1.165, 1.54) is 0 Å². The summed E-state index contributed by atoms with van der Waals surface area (Å²) in [6, 6.07) is 0. The van der Waals surface area contributed by atoms with Crippen LogP contribution < -0.4 is 0 Å². The van der Waals surface area contributed by atoms with Crippen LogP contribution in [-0.2, 0) is 14.3 Å². The Morgan fingerprint density at radius 1 is 1.43 bits per heavy atom. The Labute approximate surface area is 85.1 Å². The summed E-state index contributed by atoms with van der Waals surface area (Å²) in [6.07, 6.45) is 6.31. The third-order valence-corrected chi connectivity index (χ3v) is 2.70. The molecule has 3 heteroatoms.